The molecule has 4 rings (SSSR count). The van der Waals surface area contributed by atoms with Crippen LogP contribution in [0.2, 0.25) is 0 Å². The van der Waals surface area contributed by atoms with Crippen molar-refractivity contribution < 1.29 is 18.7 Å². The third kappa shape index (κ3) is 4.13. The summed E-state index contributed by atoms with van der Waals surface area (Å²) in [4.78, 5) is 25.9. The van der Waals surface area contributed by atoms with E-state index in [2.05, 4.69) is 15.7 Å². The minimum atomic E-state index is -0.740. The summed E-state index contributed by atoms with van der Waals surface area (Å²) in [5.41, 5.74) is 8.82. The standard InChI is InChI=1S/C24H23FN6O3/c1-3-34-24(33)18-12-28-31-21(14-4-6-16(25)7-5-14)20(13(2)29-22(18)31)23(32)30-17-8-9-19(27)15(10-17)11-26/h4-12,21,26,29H,3,27H2,1-2H3,(H,30,32). The van der Waals surface area contributed by atoms with Crippen LogP contribution in [0.1, 0.15) is 41.4 Å². The number of fused-ring (bicyclic) bond motifs is 1. The van der Waals surface area contributed by atoms with E-state index in [1.165, 1.54) is 23.0 Å². The monoisotopic (exact) mass is 462 g/mol. The van der Waals surface area contributed by atoms with Crippen LogP contribution in [0.15, 0.2) is 59.9 Å². The van der Waals surface area contributed by atoms with Crippen molar-refractivity contribution in [3.05, 3.63) is 82.4 Å². The molecular weight excluding hydrogens is 439 g/mol. The minimum Gasteiger partial charge on any atom is -0.462 e. The molecule has 0 bridgehead atoms. The number of benzene rings is 2. The molecule has 5 N–H and O–H groups in total. The molecule has 0 radical (unpaired) electrons. The third-order valence-corrected chi connectivity index (χ3v) is 5.45. The molecule has 3 aromatic rings. The van der Waals surface area contributed by atoms with Gasteiger partial charge in [-0.05, 0) is 49.7 Å². The molecule has 0 spiro atoms. The number of halogens is 1. The number of aromatic nitrogens is 2. The van der Waals surface area contributed by atoms with Gasteiger partial charge in [-0.25, -0.2) is 13.9 Å². The lowest BCUT2D eigenvalue weighted by atomic mass is 9.94. The molecule has 1 aliphatic rings. The van der Waals surface area contributed by atoms with Gasteiger partial charge >= 0.3 is 5.97 Å². The lowest BCUT2D eigenvalue weighted by Gasteiger charge is -2.30. The highest BCUT2D eigenvalue weighted by Crippen LogP contribution is 2.38. The zero-order valence-corrected chi connectivity index (χ0v) is 18.6. The van der Waals surface area contributed by atoms with E-state index in [4.69, 9.17) is 15.9 Å². The van der Waals surface area contributed by atoms with E-state index in [-0.39, 0.29) is 12.2 Å². The van der Waals surface area contributed by atoms with Gasteiger partial charge < -0.3 is 26.5 Å². The maximum Gasteiger partial charge on any atom is 0.343 e. The van der Waals surface area contributed by atoms with E-state index >= 15 is 0 Å². The summed E-state index contributed by atoms with van der Waals surface area (Å²) in [5.74, 6) is -1.02. The highest BCUT2D eigenvalue weighted by Gasteiger charge is 2.35. The molecule has 0 saturated heterocycles. The number of allylic oxidation sites excluding steroid dienone is 1. The van der Waals surface area contributed by atoms with Crippen molar-refractivity contribution in [2.24, 2.45) is 0 Å². The molecule has 2 heterocycles. The molecule has 9 nitrogen and oxygen atoms in total. The molecule has 1 aromatic heterocycles. The quantitative estimate of drug-likeness (QED) is 0.251. The summed E-state index contributed by atoms with van der Waals surface area (Å²) in [5, 5.41) is 17.8. The number of nitrogens with two attached hydrogens (primary N) is 1. The normalized spacial score (nSPS) is 14.7. The zero-order chi connectivity index (χ0) is 24.4. The van der Waals surface area contributed by atoms with Crippen LogP contribution in [0.5, 0.6) is 0 Å². The Morgan fingerprint density at radius 2 is 2.03 bits per heavy atom. The summed E-state index contributed by atoms with van der Waals surface area (Å²) in [6.45, 7) is 3.62. The Kier molecular flexibility index (Phi) is 6.13. The summed E-state index contributed by atoms with van der Waals surface area (Å²) in [6, 6.07) is 9.83. The lowest BCUT2D eigenvalue weighted by molar-refractivity contribution is -0.113. The first-order chi connectivity index (χ1) is 16.3. The van der Waals surface area contributed by atoms with Crippen LogP contribution < -0.4 is 16.4 Å². The first-order valence-electron chi connectivity index (χ1n) is 10.5. The Morgan fingerprint density at radius 1 is 1.29 bits per heavy atom. The van der Waals surface area contributed by atoms with Gasteiger partial charge in [0.1, 0.15) is 23.2 Å². The minimum absolute atomic E-state index is 0.201. The Morgan fingerprint density at radius 3 is 2.71 bits per heavy atom. The number of hydrogen-bond donors (Lipinski definition) is 4. The van der Waals surface area contributed by atoms with Crippen LogP contribution in [-0.2, 0) is 9.53 Å². The van der Waals surface area contributed by atoms with Crippen LogP contribution in [0.3, 0.4) is 0 Å². The number of carbonyl (C=O) groups is 2. The average Bonchev–Trinajstić information content (AvgIpc) is 3.23. The molecule has 174 valence electrons. The Hall–Kier alpha value is -4.47. The van der Waals surface area contributed by atoms with Crippen molar-refractivity contribution in [2.45, 2.75) is 19.9 Å². The SMILES string of the molecule is CCOC(=O)c1cnn2c1NC(C)=C(C(=O)Nc1ccc(N)c(C=N)c1)C2c1ccc(F)cc1. The van der Waals surface area contributed by atoms with Crippen LogP contribution in [-0.4, -0.2) is 34.5 Å². The van der Waals surface area contributed by atoms with Gasteiger partial charge in [-0.15, -0.1) is 0 Å². The smallest absolute Gasteiger partial charge is 0.343 e. The molecule has 0 fully saturated rings. The van der Waals surface area contributed by atoms with Gasteiger partial charge in [-0.3, -0.25) is 4.79 Å². The lowest BCUT2D eigenvalue weighted by Crippen LogP contribution is -2.31. The fourth-order valence-electron chi connectivity index (χ4n) is 3.84. The number of carbonyl (C=O) groups excluding carboxylic acids is 2. The van der Waals surface area contributed by atoms with Gasteiger partial charge in [0, 0.05) is 28.8 Å². The number of anilines is 3. The second-order valence-corrected chi connectivity index (χ2v) is 7.63. The maximum absolute atomic E-state index is 13.7. The van der Waals surface area contributed by atoms with E-state index < -0.39 is 23.7 Å². The van der Waals surface area contributed by atoms with Crippen molar-refractivity contribution in [2.75, 3.05) is 23.0 Å². The summed E-state index contributed by atoms with van der Waals surface area (Å²) in [7, 11) is 0. The second kappa shape index (κ2) is 9.18. The number of nitrogen functional groups attached to an aromatic ring is 1. The first-order valence-corrected chi connectivity index (χ1v) is 10.5. The van der Waals surface area contributed by atoms with Crippen LogP contribution in [0, 0.1) is 11.2 Å². The maximum atomic E-state index is 13.7. The van der Waals surface area contributed by atoms with Gasteiger partial charge in [0.05, 0.1) is 18.4 Å². The second-order valence-electron chi connectivity index (χ2n) is 7.63. The van der Waals surface area contributed by atoms with E-state index in [1.807, 2.05) is 0 Å². The Labute approximate surface area is 194 Å². The number of esters is 1. The van der Waals surface area contributed by atoms with Crippen molar-refractivity contribution >= 4 is 35.3 Å². The van der Waals surface area contributed by atoms with Gasteiger partial charge in [0.25, 0.3) is 5.91 Å². The molecule has 1 unspecified atom stereocenters. The predicted octanol–water partition coefficient (Wildman–Crippen LogP) is 3.71. The van der Waals surface area contributed by atoms with E-state index in [0.717, 1.165) is 6.21 Å². The molecule has 0 aliphatic carbocycles. The molecule has 34 heavy (non-hydrogen) atoms. The molecule has 10 heteroatoms. The summed E-state index contributed by atoms with van der Waals surface area (Å²) in [6.07, 6.45) is 2.48. The molecule has 0 saturated carbocycles. The fourth-order valence-corrected chi connectivity index (χ4v) is 3.84. The molecule has 1 amide bonds. The van der Waals surface area contributed by atoms with Gasteiger partial charge in [0.2, 0.25) is 0 Å². The fraction of sp³-hybridized carbons (Fsp3) is 0.167. The number of nitrogens with zero attached hydrogens (tertiary/aromatic N) is 2. The highest BCUT2D eigenvalue weighted by atomic mass is 19.1. The highest BCUT2D eigenvalue weighted by molar-refractivity contribution is 6.07. The van der Waals surface area contributed by atoms with Crippen molar-refractivity contribution in [3.63, 3.8) is 0 Å². The largest absolute Gasteiger partial charge is 0.462 e. The van der Waals surface area contributed by atoms with Crippen molar-refractivity contribution in [3.8, 4) is 0 Å². The summed E-state index contributed by atoms with van der Waals surface area (Å²) < 4.78 is 20.3. The third-order valence-electron chi connectivity index (χ3n) is 5.45. The van der Waals surface area contributed by atoms with Gasteiger partial charge in [-0.2, -0.15) is 5.10 Å². The van der Waals surface area contributed by atoms with E-state index in [1.54, 1.807) is 44.2 Å². The number of amides is 1. The van der Waals surface area contributed by atoms with Crippen molar-refractivity contribution in [1.29, 1.82) is 5.41 Å². The van der Waals surface area contributed by atoms with Crippen LogP contribution in [0.4, 0.5) is 21.6 Å². The average molecular weight is 462 g/mol. The Balaban J connectivity index is 1.78. The zero-order valence-electron chi connectivity index (χ0n) is 18.6. The number of ether oxygens (including phenoxy) is 1. The van der Waals surface area contributed by atoms with Gasteiger partial charge in [-0.1, -0.05) is 12.1 Å². The van der Waals surface area contributed by atoms with Gasteiger partial charge in [0.15, 0.2) is 0 Å². The molecule has 1 atom stereocenters. The Bertz CT molecular complexity index is 1310. The predicted molar refractivity (Wildman–Crippen MR) is 126 cm³/mol. The number of hydrogen-bond acceptors (Lipinski definition) is 7. The van der Waals surface area contributed by atoms with Crippen LogP contribution >= 0.6 is 0 Å². The summed E-state index contributed by atoms with van der Waals surface area (Å²) >= 11 is 0. The number of rotatable bonds is 6. The van der Waals surface area contributed by atoms with E-state index in [0.29, 0.717) is 39.6 Å². The van der Waals surface area contributed by atoms with Crippen molar-refractivity contribution in [1.82, 2.24) is 9.78 Å². The van der Waals surface area contributed by atoms with Crippen LogP contribution in [0.25, 0.3) is 0 Å². The topological polar surface area (TPSA) is 135 Å². The molecular formula is C24H23FN6O3. The van der Waals surface area contributed by atoms with E-state index in [9.17, 15) is 14.0 Å². The first kappa shape index (κ1) is 22.7. The molecule has 2 aromatic carbocycles. The molecule has 1 aliphatic heterocycles. The number of nitrogens with one attached hydrogen (secondary N) is 3.